The Bertz CT molecular complexity index is 543. The van der Waals surface area contributed by atoms with E-state index in [-0.39, 0.29) is 0 Å². The molecule has 2 fully saturated rings. The molecule has 3 rings (SSSR count). The van der Waals surface area contributed by atoms with Crippen LogP contribution in [-0.2, 0) is 9.84 Å². The van der Waals surface area contributed by atoms with Gasteiger partial charge in [0.15, 0.2) is 0 Å². The third kappa shape index (κ3) is 2.92. The molecule has 0 unspecified atom stereocenters. The Hall–Kier alpha value is -1.07. The smallest absolute Gasteiger partial charge is 0.147 e. The number of rotatable bonds is 4. The molecular formula is C14H20N2O2S. The highest BCUT2D eigenvalue weighted by Gasteiger charge is 2.29. The van der Waals surface area contributed by atoms with Crippen molar-refractivity contribution in [2.45, 2.75) is 5.92 Å². The first-order chi connectivity index (χ1) is 9.01. The van der Waals surface area contributed by atoms with Crippen molar-refractivity contribution in [1.82, 2.24) is 5.32 Å². The van der Waals surface area contributed by atoms with Crippen molar-refractivity contribution < 1.29 is 8.42 Å². The van der Waals surface area contributed by atoms with Crippen molar-refractivity contribution >= 4 is 15.5 Å². The second-order valence-electron chi connectivity index (χ2n) is 5.81. The fraction of sp³-hybridized carbons (Fsp3) is 0.571. The van der Waals surface area contributed by atoms with Crippen molar-refractivity contribution in [3.8, 4) is 0 Å². The van der Waals surface area contributed by atoms with Crippen LogP contribution < -0.4 is 10.2 Å². The molecule has 1 aromatic carbocycles. The molecule has 0 amide bonds. The van der Waals surface area contributed by atoms with E-state index in [1.807, 2.05) is 0 Å². The van der Waals surface area contributed by atoms with Crippen molar-refractivity contribution in [2.75, 3.05) is 43.1 Å². The molecule has 5 heteroatoms. The molecule has 0 spiro atoms. The lowest BCUT2D eigenvalue weighted by molar-refractivity contribution is 0.442. The Morgan fingerprint density at radius 2 is 1.84 bits per heavy atom. The first-order valence-corrected chi connectivity index (χ1v) is 8.81. The Balaban J connectivity index is 1.56. The van der Waals surface area contributed by atoms with Gasteiger partial charge >= 0.3 is 0 Å². The maximum Gasteiger partial charge on any atom is 0.147 e. The van der Waals surface area contributed by atoms with Crippen molar-refractivity contribution in [2.24, 2.45) is 5.92 Å². The molecular weight excluding hydrogens is 260 g/mol. The van der Waals surface area contributed by atoms with Gasteiger partial charge in [-0.15, -0.1) is 0 Å². The number of sulfone groups is 1. The van der Waals surface area contributed by atoms with Crippen molar-refractivity contribution in [3.63, 3.8) is 0 Å². The zero-order valence-electron chi connectivity index (χ0n) is 11.2. The lowest BCUT2D eigenvalue weighted by Gasteiger charge is -2.41. The Labute approximate surface area is 114 Å². The molecule has 1 N–H and O–H groups in total. The zero-order valence-corrected chi connectivity index (χ0v) is 12.0. The van der Waals surface area contributed by atoms with E-state index in [4.69, 9.17) is 0 Å². The summed E-state index contributed by atoms with van der Waals surface area (Å²) in [6, 6.07) is 8.71. The van der Waals surface area contributed by atoms with Gasteiger partial charge in [-0.25, -0.2) is 8.42 Å². The van der Waals surface area contributed by atoms with Gasteiger partial charge in [0.05, 0.1) is 5.75 Å². The summed E-state index contributed by atoms with van der Waals surface area (Å²) in [5.41, 5.74) is 2.61. The van der Waals surface area contributed by atoms with Gasteiger partial charge in [-0.1, -0.05) is 12.1 Å². The standard InChI is InChI=1S/C14H20N2O2S/c1-19(17,18)10-11-8-16(9-11)14-4-2-12(3-5-14)13-6-15-7-13/h2-5,11,13,15H,6-10H2,1H3. The zero-order chi connectivity index (χ0) is 13.5. The lowest BCUT2D eigenvalue weighted by atomic mass is 9.93. The number of nitrogens with one attached hydrogen (secondary N) is 1. The van der Waals surface area contributed by atoms with Gasteiger partial charge in [-0.3, -0.25) is 0 Å². The highest BCUT2D eigenvalue weighted by molar-refractivity contribution is 7.90. The number of anilines is 1. The lowest BCUT2D eigenvalue weighted by Crippen LogP contribution is -2.49. The highest BCUT2D eigenvalue weighted by Crippen LogP contribution is 2.28. The molecule has 19 heavy (non-hydrogen) atoms. The first-order valence-electron chi connectivity index (χ1n) is 6.74. The second kappa shape index (κ2) is 4.80. The van der Waals surface area contributed by atoms with Gasteiger partial charge < -0.3 is 10.2 Å². The minimum atomic E-state index is -2.84. The quantitative estimate of drug-likeness (QED) is 0.888. The molecule has 4 nitrogen and oxygen atoms in total. The third-order valence-electron chi connectivity index (χ3n) is 4.01. The summed E-state index contributed by atoms with van der Waals surface area (Å²) in [4.78, 5) is 2.25. The number of benzene rings is 1. The monoisotopic (exact) mass is 280 g/mol. The van der Waals surface area contributed by atoms with E-state index < -0.39 is 9.84 Å². The molecule has 2 saturated heterocycles. The fourth-order valence-corrected chi connectivity index (χ4v) is 3.86. The number of hydrogen-bond acceptors (Lipinski definition) is 4. The molecule has 2 aliphatic rings. The highest BCUT2D eigenvalue weighted by atomic mass is 32.2. The molecule has 2 aliphatic heterocycles. The maximum absolute atomic E-state index is 11.2. The molecule has 0 aliphatic carbocycles. The number of hydrogen-bond donors (Lipinski definition) is 1. The molecule has 0 atom stereocenters. The van der Waals surface area contributed by atoms with E-state index >= 15 is 0 Å². The van der Waals surface area contributed by atoms with Gasteiger partial charge in [0.1, 0.15) is 9.84 Å². The van der Waals surface area contributed by atoms with E-state index in [0.29, 0.717) is 17.6 Å². The molecule has 0 saturated carbocycles. The van der Waals surface area contributed by atoms with Crippen LogP contribution in [0.25, 0.3) is 0 Å². The van der Waals surface area contributed by atoms with E-state index in [1.165, 1.54) is 17.5 Å². The van der Waals surface area contributed by atoms with Gasteiger partial charge in [-0.2, -0.15) is 0 Å². The van der Waals surface area contributed by atoms with Crippen LogP contribution in [0.5, 0.6) is 0 Å². The second-order valence-corrected chi connectivity index (χ2v) is 7.99. The largest absolute Gasteiger partial charge is 0.371 e. The summed E-state index contributed by atoms with van der Waals surface area (Å²) in [5.74, 6) is 1.28. The Kier molecular flexibility index (Phi) is 3.27. The van der Waals surface area contributed by atoms with Crippen LogP contribution >= 0.6 is 0 Å². The summed E-state index contributed by atoms with van der Waals surface area (Å²) in [5, 5.41) is 3.28. The van der Waals surface area contributed by atoms with Gasteiger partial charge in [0, 0.05) is 50.0 Å². The van der Waals surface area contributed by atoms with Gasteiger partial charge in [0.25, 0.3) is 0 Å². The van der Waals surface area contributed by atoms with Crippen LogP contribution in [0.1, 0.15) is 11.5 Å². The summed E-state index contributed by atoms with van der Waals surface area (Å²) >= 11 is 0. The van der Waals surface area contributed by atoms with Crippen LogP contribution in [0.4, 0.5) is 5.69 Å². The van der Waals surface area contributed by atoms with Gasteiger partial charge in [-0.05, 0) is 17.7 Å². The van der Waals surface area contributed by atoms with E-state index in [2.05, 4.69) is 34.5 Å². The van der Waals surface area contributed by atoms with E-state index in [1.54, 1.807) is 0 Å². The predicted molar refractivity (Wildman–Crippen MR) is 77.5 cm³/mol. The van der Waals surface area contributed by atoms with Crippen molar-refractivity contribution in [1.29, 1.82) is 0 Å². The van der Waals surface area contributed by atoms with E-state index in [9.17, 15) is 8.42 Å². The summed E-state index contributed by atoms with van der Waals surface area (Å²) in [6.07, 6.45) is 1.32. The van der Waals surface area contributed by atoms with Crippen LogP contribution in [0.3, 0.4) is 0 Å². The van der Waals surface area contributed by atoms with Crippen LogP contribution in [-0.4, -0.2) is 46.6 Å². The maximum atomic E-state index is 11.2. The average Bonchev–Trinajstić information content (AvgIpc) is 2.20. The molecule has 1 aromatic rings. The molecule has 0 radical (unpaired) electrons. The molecule has 0 bridgehead atoms. The normalized spacial score (nSPS) is 21.0. The SMILES string of the molecule is CS(=O)(=O)CC1CN(c2ccc(C3CNC3)cc2)C1. The van der Waals surface area contributed by atoms with Gasteiger partial charge in [0.2, 0.25) is 0 Å². The van der Waals surface area contributed by atoms with E-state index in [0.717, 1.165) is 26.2 Å². The average molecular weight is 280 g/mol. The minimum Gasteiger partial charge on any atom is -0.371 e. The topological polar surface area (TPSA) is 49.4 Å². The molecule has 0 aromatic heterocycles. The Morgan fingerprint density at radius 1 is 1.21 bits per heavy atom. The minimum absolute atomic E-state index is 0.297. The molecule has 104 valence electrons. The summed E-state index contributed by atoms with van der Waals surface area (Å²) in [7, 11) is -2.84. The van der Waals surface area contributed by atoms with Crippen LogP contribution in [0, 0.1) is 5.92 Å². The third-order valence-corrected chi connectivity index (χ3v) is 5.08. The molecule has 2 heterocycles. The predicted octanol–water partition coefficient (Wildman–Crippen LogP) is 0.854. The van der Waals surface area contributed by atoms with Crippen LogP contribution in [0.2, 0.25) is 0 Å². The van der Waals surface area contributed by atoms with Crippen LogP contribution in [0.15, 0.2) is 24.3 Å². The Morgan fingerprint density at radius 3 is 2.32 bits per heavy atom. The summed E-state index contributed by atoms with van der Waals surface area (Å²) in [6.45, 7) is 3.88. The fourth-order valence-electron chi connectivity index (χ4n) is 2.80. The summed E-state index contributed by atoms with van der Waals surface area (Å²) < 4.78 is 22.4. The van der Waals surface area contributed by atoms with Crippen molar-refractivity contribution in [3.05, 3.63) is 29.8 Å². The number of nitrogens with zero attached hydrogens (tertiary/aromatic N) is 1. The first kappa shape index (κ1) is 12.9.